The van der Waals surface area contributed by atoms with Gasteiger partial charge in [0.25, 0.3) is 0 Å². The Morgan fingerprint density at radius 1 is 0.600 bits per heavy atom. The zero-order chi connectivity index (χ0) is 14.9. The maximum atomic E-state index is 10.8. The van der Waals surface area contributed by atoms with Gasteiger partial charge in [-0.3, -0.25) is 0 Å². The van der Waals surface area contributed by atoms with Crippen LogP contribution in [0.25, 0.3) is 0 Å². The third-order valence-corrected chi connectivity index (χ3v) is 4.18. The summed E-state index contributed by atoms with van der Waals surface area (Å²) >= 11 is 5.65. The van der Waals surface area contributed by atoms with Crippen molar-refractivity contribution in [3.8, 4) is 0 Å². The Labute approximate surface area is 131 Å². The molecule has 0 fully saturated rings. The molecular formula is C18H35ClO. The number of carbonyl (C=O) groups is 1. The molecule has 2 heteroatoms. The highest BCUT2D eigenvalue weighted by atomic mass is 35.5. The van der Waals surface area contributed by atoms with Crippen LogP contribution in [0.3, 0.4) is 0 Å². The smallest absolute Gasteiger partial charge is 0.129 e. The lowest BCUT2D eigenvalue weighted by Crippen LogP contribution is -1.89. The van der Waals surface area contributed by atoms with E-state index in [1.54, 1.807) is 6.92 Å². The van der Waals surface area contributed by atoms with E-state index >= 15 is 0 Å². The van der Waals surface area contributed by atoms with Crippen LogP contribution in [0.1, 0.15) is 103 Å². The normalized spacial score (nSPS) is 10.9. The van der Waals surface area contributed by atoms with E-state index in [4.69, 9.17) is 11.6 Å². The van der Waals surface area contributed by atoms with E-state index in [0.717, 1.165) is 18.7 Å². The number of carbonyl (C=O) groups excluding carboxylic acids is 1. The maximum absolute atomic E-state index is 10.8. The minimum Gasteiger partial charge on any atom is -0.300 e. The molecule has 0 aliphatic carbocycles. The SMILES string of the molecule is CC(=O)CCCCCCCCCCCCCCCCCl. The Bertz CT molecular complexity index is 204. The van der Waals surface area contributed by atoms with E-state index in [0.29, 0.717) is 5.78 Å². The summed E-state index contributed by atoms with van der Waals surface area (Å²) in [6.07, 6.45) is 19.5. The van der Waals surface area contributed by atoms with Crippen LogP contribution in [0.15, 0.2) is 0 Å². The Hall–Kier alpha value is -0.0400. The van der Waals surface area contributed by atoms with Crippen LogP contribution in [0.4, 0.5) is 0 Å². The first-order valence-corrected chi connectivity index (χ1v) is 9.36. The molecule has 0 aromatic rings. The van der Waals surface area contributed by atoms with Gasteiger partial charge >= 0.3 is 0 Å². The van der Waals surface area contributed by atoms with Crippen molar-refractivity contribution < 1.29 is 4.79 Å². The summed E-state index contributed by atoms with van der Waals surface area (Å²) in [5, 5.41) is 0. The molecule has 0 aliphatic rings. The number of alkyl halides is 1. The first-order chi connectivity index (χ1) is 9.77. The lowest BCUT2D eigenvalue weighted by molar-refractivity contribution is -0.117. The molecule has 0 aromatic carbocycles. The highest BCUT2D eigenvalue weighted by Crippen LogP contribution is 2.13. The molecule has 0 unspecified atom stereocenters. The average Bonchev–Trinajstić information content (AvgIpc) is 2.43. The zero-order valence-corrected chi connectivity index (χ0v) is 14.4. The topological polar surface area (TPSA) is 17.1 Å². The molecule has 0 rings (SSSR count). The third-order valence-electron chi connectivity index (χ3n) is 3.91. The Kier molecular flexibility index (Phi) is 17.0. The van der Waals surface area contributed by atoms with E-state index in [2.05, 4.69) is 0 Å². The summed E-state index contributed by atoms with van der Waals surface area (Å²) in [5.74, 6) is 1.17. The highest BCUT2D eigenvalue weighted by Gasteiger charge is 1.95. The fourth-order valence-corrected chi connectivity index (χ4v) is 2.78. The van der Waals surface area contributed by atoms with Gasteiger partial charge in [0.2, 0.25) is 0 Å². The van der Waals surface area contributed by atoms with Gasteiger partial charge in [-0.15, -0.1) is 11.6 Å². The van der Waals surface area contributed by atoms with Crippen molar-refractivity contribution in [3.05, 3.63) is 0 Å². The number of Topliss-reactive ketones (excluding diaryl/α,β-unsaturated/α-hetero) is 1. The Balaban J connectivity index is 2.94. The van der Waals surface area contributed by atoms with Crippen LogP contribution in [0, 0.1) is 0 Å². The molecule has 0 atom stereocenters. The summed E-state index contributed by atoms with van der Waals surface area (Å²) in [6.45, 7) is 1.69. The van der Waals surface area contributed by atoms with Gasteiger partial charge in [0.05, 0.1) is 0 Å². The van der Waals surface area contributed by atoms with E-state index in [-0.39, 0.29) is 0 Å². The summed E-state index contributed by atoms with van der Waals surface area (Å²) in [4.78, 5) is 10.8. The first kappa shape index (κ1) is 20.0. The van der Waals surface area contributed by atoms with E-state index in [1.165, 1.54) is 83.5 Å². The van der Waals surface area contributed by atoms with E-state index in [1.807, 2.05) is 0 Å². The number of rotatable bonds is 16. The number of hydrogen-bond acceptors (Lipinski definition) is 1. The Morgan fingerprint density at radius 2 is 0.900 bits per heavy atom. The molecule has 0 amide bonds. The summed E-state index contributed by atoms with van der Waals surface area (Å²) in [6, 6.07) is 0. The fourth-order valence-electron chi connectivity index (χ4n) is 2.59. The number of hydrogen-bond donors (Lipinski definition) is 0. The molecule has 1 nitrogen and oxygen atoms in total. The summed E-state index contributed by atoms with van der Waals surface area (Å²) in [5.41, 5.74) is 0. The second-order valence-corrected chi connectivity index (χ2v) is 6.47. The van der Waals surface area contributed by atoms with E-state index in [9.17, 15) is 4.79 Å². The number of halogens is 1. The molecule has 0 aromatic heterocycles. The third kappa shape index (κ3) is 18.0. The van der Waals surface area contributed by atoms with Crippen LogP contribution < -0.4 is 0 Å². The van der Waals surface area contributed by atoms with Crippen LogP contribution in [-0.4, -0.2) is 11.7 Å². The fraction of sp³-hybridized carbons (Fsp3) is 0.944. The maximum Gasteiger partial charge on any atom is 0.129 e. The van der Waals surface area contributed by atoms with Gasteiger partial charge in [0.15, 0.2) is 0 Å². The van der Waals surface area contributed by atoms with Gasteiger partial charge in [0.1, 0.15) is 5.78 Å². The average molecular weight is 303 g/mol. The van der Waals surface area contributed by atoms with Crippen LogP contribution in [0.2, 0.25) is 0 Å². The predicted molar refractivity (Wildman–Crippen MR) is 90.7 cm³/mol. The second-order valence-electron chi connectivity index (χ2n) is 6.09. The van der Waals surface area contributed by atoms with Gasteiger partial charge in [-0.2, -0.15) is 0 Å². The molecule has 0 spiro atoms. The number of unbranched alkanes of at least 4 members (excludes halogenated alkanes) is 13. The van der Waals surface area contributed by atoms with Gasteiger partial charge in [-0.25, -0.2) is 0 Å². The van der Waals surface area contributed by atoms with Crippen molar-refractivity contribution >= 4 is 17.4 Å². The van der Waals surface area contributed by atoms with Crippen molar-refractivity contribution in [1.82, 2.24) is 0 Å². The largest absolute Gasteiger partial charge is 0.300 e. The van der Waals surface area contributed by atoms with Crippen LogP contribution >= 0.6 is 11.6 Å². The first-order valence-electron chi connectivity index (χ1n) is 8.82. The van der Waals surface area contributed by atoms with Gasteiger partial charge in [0, 0.05) is 12.3 Å². The minimum absolute atomic E-state index is 0.340. The molecule has 0 N–H and O–H groups in total. The van der Waals surface area contributed by atoms with Crippen molar-refractivity contribution in [3.63, 3.8) is 0 Å². The summed E-state index contributed by atoms with van der Waals surface area (Å²) < 4.78 is 0. The van der Waals surface area contributed by atoms with E-state index < -0.39 is 0 Å². The van der Waals surface area contributed by atoms with Gasteiger partial charge < -0.3 is 4.79 Å². The van der Waals surface area contributed by atoms with Crippen LogP contribution in [-0.2, 0) is 4.79 Å². The highest BCUT2D eigenvalue weighted by molar-refractivity contribution is 6.17. The lowest BCUT2D eigenvalue weighted by Gasteiger charge is -2.03. The van der Waals surface area contributed by atoms with Crippen molar-refractivity contribution in [2.75, 3.05) is 5.88 Å². The molecule has 0 radical (unpaired) electrons. The lowest BCUT2D eigenvalue weighted by atomic mass is 10.0. The van der Waals surface area contributed by atoms with Crippen LogP contribution in [0.5, 0.6) is 0 Å². The monoisotopic (exact) mass is 302 g/mol. The molecule has 120 valence electrons. The van der Waals surface area contributed by atoms with Crippen molar-refractivity contribution in [1.29, 1.82) is 0 Å². The number of ketones is 1. The molecule has 0 saturated carbocycles. The van der Waals surface area contributed by atoms with Crippen molar-refractivity contribution in [2.45, 2.75) is 103 Å². The molecule has 0 bridgehead atoms. The second kappa shape index (κ2) is 17.0. The standard InChI is InChI=1S/C18H35ClO/c1-18(20)16-14-12-10-8-6-4-2-3-5-7-9-11-13-15-17-19/h2-17H2,1H3. The Morgan fingerprint density at radius 3 is 1.20 bits per heavy atom. The van der Waals surface area contributed by atoms with Gasteiger partial charge in [-0.05, 0) is 19.8 Å². The van der Waals surface area contributed by atoms with Gasteiger partial charge in [-0.1, -0.05) is 77.0 Å². The molecule has 0 heterocycles. The molecule has 20 heavy (non-hydrogen) atoms. The summed E-state index contributed by atoms with van der Waals surface area (Å²) in [7, 11) is 0. The van der Waals surface area contributed by atoms with Crippen molar-refractivity contribution in [2.24, 2.45) is 0 Å². The molecular weight excluding hydrogens is 268 g/mol. The predicted octanol–water partition coefficient (Wildman–Crippen LogP) is 6.67. The molecule has 0 aliphatic heterocycles. The quantitative estimate of drug-likeness (QED) is 0.230. The minimum atomic E-state index is 0.340. The molecule has 0 saturated heterocycles. The zero-order valence-electron chi connectivity index (χ0n) is 13.6.